The van der Waals surface area contributed by atoms with E-state index in [1.54, 1.807) is 31.4 Å². The normalized spacial score (nSPS) is 17.2. The second-order valence-electron chi connectivity index (χ2n) is 6.39. The molecule has 2 aromatic rings. The Hall–Kier alpha value is -2.11. The van der Waals surface area contributed by atoms with Gasteiger partial charge in [0.05, 0.1) is 13.2 Å². The van der Waals surface area contributed by atoms with Crippen LogP contribution in [0.5, 0.6) is 11.5 Å². The largest absolute Gasteiger partial charge is 0.508 e. The van der Waals surface area contributed by atoms with Crippen molar-refractivity contribution in [1.29, 1.82) is 0 Å². The second-order valence-corrected chi connectivity index (χ2v) is 6.39. The zero-order valence-electron chi connectivity index (χ0n) is 14.5. The van der Waals surface area contributed by atoms with Crippen molar-refractivity contribution >= 4 is 0 Å². The Balaban J connectivity index is 1.79. The van der Waals surface area contributed by atoms with Gasteiger partial charge in [0, 0.05) is 37.4 Å². The molecular weight excluding hydrogens is 321 g/mol. The quantitative estimate of drug-likeness (QED) is 0.830. The first-order valence-corrected chi connectivity index (χ1v) is 8.59. The number of methoxy groups -OCH3 is 1. The highest BCUT2D eigenvalue weighted by Gasteiger charge is 2.21. The van der Waals surface area contributed by atoms with Gasteiger partial charge in [0.25, 0.3) is 0 Å². The molecule has 1 N–H and O–H groups in total. The number of hydrogen-bond donors (Lipinski definition) is 1. The third kappa shape index (κ3) is 4.71. The highest BCUT2D eigenvalue weighted by molar-refractivity contribution is 5.39. The molecule has 134 valence electrons. The molecule has 1 unspecified atom stereocenters. The standard InChI is InChI=1S/C20H24FNO3/c1-24-17-8-9-20(23)16(11-17)13-22(14-18-6-4-10-25-18)12-15-5-2-3-7-19(15)21/h2-3,5,7-9,11,18,23H,4,6,10,12-14H2,1H3. The van der Waals surface area contributed by atoms with Crippen molar-refractivity contribution < 1.29 is 19.0 Å². The van der Waals surface area contributed by atoms with Crippen molar-refractivity contribution in [2.75, 3.05) is 20.3 Å². The van der Waals surface area contributed by atoms with E-state index in [4.69, 9.17) is 9.47 Å². The predicted octanol–water partition coefficient (Wildman–Crippen LogP) is 3.72. The van der Waals surface area contributed by atoms with Gasteiger partial charge in [0.2, 0.25) is 0 Å². The van der Waals surface area contributed by atoms with Gasteiger partial charge in [-0.3, -0.25) is 4.90 Å². The van der Waals surface area contributed by atoms with Crippen molar-refractivity contribution in [3.63, 3.8) is 0 Å². The van der Waals surface area contributed by atoms with Crippen LogP contribution in [0.1, 0.15) is 24.0 Å². The molecule has 0 aliphatic carbocycles. The number of nitrogens with zero attached hydrogens (tertiary/aromatic N) is 1. The highest BCUT2D eigenvalue weighted by Crippen LogP contribution is 2.26. The number of benzene rings is 2. The summed E-state index contributed by atoms with van der Waals surface area (Å²) in [6.45, 7) is 2.44. The lowest BCUT2D eigenvalue weighted by Crippen LogP contribution is -2.31. The Kier molecular flexibility index (Phi) is 5.89. The Labute approximate surface area is 147 Å². The van der Waals surface area contributed by atoms with Crippen molar-refractivity contribution in [3.8, 4) is 11.5 Å². The van der Waals surface area contributed by atoms with Crippen LogP contribution in [0.15, 0.2) is 42.5 Å². The fraction of sp³-hybridized carbons (Fsp3) is 0.400. The average Bonchev–Trinajstić information content (AvgIpc) is 3.12. The number of phenolic OH excluding ortho intramolecular Hbond substituents is 1. The molecule has 0 amide bonds. The summed E-state index contributed by atoms with van der Waals surface area (Å²) in [5.74, 6) is 0.692. The molecule has 4 nitrogen and oxygen atoms in total. The lowest BCUT2D eigenvalue weighted by Gasteiger charge is -2.26. The van der Waals surface area contributed by atoms with Crippen LogP contribution in [0.3, 0.4) is 0 Å². The van der Waals surface area contributed by atoms with Gasteiger partial charge in [0.15, 0.2) is 0 Å². The zero-order valence-corrected chi connectivity index (χ0v) is 14.5. The second kappa shape index (κ2) is 8.32. The van der Waals surface area contributed by atoms with Gasteiger partial charge in [0.1, 0.15) is 17.3 Å². The lowest BCUT2D eigenvalue weighted by molar-refractivity contribution is 0.0672. The molecule has 0 spiro atoms. The smallest absolute Gasteiger partial charge is 0.127 e. The van der Waals surface area contributed by atoms with Crippen LogP contribution in [0.4, 0.5) is 4.39 Å². The Morgan fingerprint density at radius 3 is 2.72 bits per heavy atom. The molecular formula is C20H24FNO3. The zero-order chi connectivity index (χ0) is 17.6. The molecule has 0 radical (unpaired) electrons. The van der Waals surface area contributed by atoms with E-state index in [-0.39, 0.29) is 17.7 Å². The van der Waals surface area contributed by atoms with Gasteiger partial charge in [-0.05, 0) is 37.1 Å². The topological polar surface area (TPSA) is 41.9 Å². The number of rotatable bonds is 7. The van der Waals surface area contributed by atoms with Crippen molar-refractivity contribution in [3.05, 3.63) is 59.4 Å². The summed E-state index contributed by atoms with van der Waals surface area (Å²) >= 11 is 0. The minimum absolute atomic E-state index is 0.152. The van der Waals surface area contributed by atoms with E-state index >= 15 is 0 Å². The maximum Gasteiger partial charge on any atom is 0.127 e. The number of phenols is 1. The molecule has 1 fully saturated rings. The van der Waals surface area contributed by atoms with E-state index in [0.29, 0.717) is 30.9 Å². The van der Waals surface area contributed by atoms with E-state index in [2.05, 4.69) is 4.90 Å². The van der Waals surface area contributed by atoms with Gasteiger partial charge in [-0.25, -0.2) is 4.39 Å². The summed E-state index contributed by atoms with van der Waals surface area (Å²) in [6.07, 6.45) is 2.22. The number of aromatic hydroxyl groups is 1. The summed E-state index contributed by atoms with van der Waals surface area (Å²) in [7, 11) is 1.60. The summed E-state index contributed by atoms with van der Waals surface area (Å²) < 4.78 is 25.1. The Morgan fingerprint density at radius 1 is 1.20 bits per heavy atom. The van der Waals surface area contributed by atoms with E-state index in [0.717, 1.165) is 25.0 Å². The van der Waals surface area contributed by atoms with Crippen LogP contribution < -0.4 is 4.74 Å². The molecule has 3 rings (SSSR count). The molecule has 0 bridgehead atoms. The fourth-order valence-corrected chi connectivity index (χ4v) is 3.19. The maximum absolute atomic E-state index is 14.1. The van der Waals surface area contributed by atoms with Crippen LogP contribution in [0, 0.1) is 5.82 Å². The minimum atomic E-state index is -0.213. The lowest BCUT2D eigenvalue weighted by atomic mass is 10.1. The summed E-state index contributed by atoms with van der Waals surface area (Å²) in [5.41, 5.74) is 1.40. The van der Waals surface area contributed by atoms with Crippen LogP contribution in [-0.2, 0) is 17.8 Å². The molecule has 2 aromatic carbocycles. The molecule has 25 heavy (non-hydrogen) atoms. The van der Waals surface area contributed by atoms with Crippen molar-refractivity contribution in [2.24, 2.45) is 0 Å². The molecule has 1 aliphatic heterocycles. The van der Waals surface area contributed by atoms with Crippen molar-refractivity contribution in [1.82, 2.24) is 4.90 Å². The van der Waals surface area contributed by atoms with Gasteiger partial charge >= 0.3 is 0 Å². The third-order valence-electron chi connectivity index (χ3n) is 4.52. The van der Waals surface area contributed by atoms with Crippen LogP contribution in [0.2, 0.25) is 0 Å². The number of ether oxygens (including phenoxy) is 2. The number of halogens is 1. The molecule has 1 atom stereocenters. The van der Waals surface area contributed by atoms with Gasteiger partial charge < -0.3 is 14.6 Å². The van der Waals surface area contributed by atoms with Gasteiger partial charge in [-0.1, -0.05) is 18.2 Å². The molecule has 5 heteroatoms. The summed E-state index contributed by atoms with van der Waals surface area (Å²) in [5, 5.41) is 10.2. The molecule has 1 saturated heterocycles. The van der Waals surface area contributed by atoms with Crippen molar-refractivity contribution in [2.45, 2.75) is 32.0 Å². The molecule has 0 aromatic heterocycles. The first-order chi connectivity index (χ1) is 12.2. The molecule has 1 heterocycles. The fourth-order valence-electron chi connectivity index (χ4n) is 3.19. The molecule has 0 saturated carbocycles. The van der Waals surface area contributed by atoms with Gasteiger partial charge in [-0.2, -0.15) is 0 Å². The van der Waals surface area contributed by atoms with E-state index < -0.39 is 0 Å². The maximum atomic E-state index is 14.1. The summed E-state index contributed by atoms with van der Waals surface area (Å²) in [6, 6.07) is 12.0. The molecule has 1 aliphatic rings. The average molecular weight is 345 g/mol. The van der Waals surface area contributed by atoms with Gasteiger partial charge in [-0.15, -0.1) is 0 Å². The predicted molar refractivity (Wildman–Crippen MR) is 94.1 cm³/mol. The first kappa shape index (κ1) is 17.7. The van der Waals surface area contributed by atoms with Crippen LogP contribution in [-0.4, -0.2) is 36.4 Å². The minimum Gasteiger partial charge on any atom is -0.508 e. The van der Waals surface area contributed by atoms with E-state index in [9.17, 15) is 9.50 Å². The highest BCUT2D eigenvalue weighted by atomic mass is 19.1. The van der Waals surface area contributed by atoms with E-state index in [1.165, 1.54) is 6.07 Å². The monoisotopic (exact) mass is 345 g/mol. The SMILES string of the molecule is COc1ccc(O)c(CN(Cc2ccccc2F)CC2CCCO2)c1. The van der Waals surface area contributed by atoms with Crippen LogP contribution >= 0.6 is 0 Å². The number of hydrogen-bond acceptors (Lipinski definition) is 4. The van der Waals surface area contributed by atoms with E-state index in [1.807, 2.05) is 12.1 Å². The summed E-state index contributed by atoms with van der Waals surface area (Å²) in [4.78, 5) is 2.11. The van der Waals surface area contributed by atoms with Crippen LogP contribution in [0.25, 0.3) is 0 Å². The Morgan fingerprint density at radius 2 is 2.00 bits per heavy atom. The Bertz CT molecular complexity index is 701. The first-order valence-electron chi connectivity index (χ1n) is 8.59. The third-order valence-corrected chi connectivity index (χ3v) is 4.52.